The molecule has 1 aromatic heterocycles. The fourth-order valence-corrected chi connectivity index (χ4v) is 12.0. The van der Waals surface area contributed by atoms with Gasteiger partial charge >= 0.3 is 0 Å². The fraction of sp³-hybridized carbons (Fsp3) is 0.0141. The van der Waals surface area contributed by atoms with E-state index < -0.39 is 5.54 Å². The second-order valence-electron chi connectivity index (χ2n) is 19.2. The molecule has 0 N–H and O–H groups in total. The second-order valence-corrected chi connectivity index (χ2v) is 19.2. The molecule has 3 heteroatoms. The van der Waals surface area contributed by atoms with E-state index in [1.54, 1.807) is 0 Å². The van der Waals surface area contributed by atoms with Crippen molar-refractivity contribution in [1.82, 2.24) is 4.57 Å². The number of aromatic nitrogens is 1. The van der Waals surface area contributed by atoms with Crippen LogP contribution in [0.25, 0.3) is 71.6 Å². The molecule has 0 amide bonds. The predicted molar refractivity (Wildman–Crippen MR) is 311 cm³/mol. The summed E-state index contributed by atoms with van der Waals surface area (Å²) in [7, 11) is 0. The van der Waals surface area contributed by atoms with Crippen LogP contribution in [-0.2, 0) is 5.54 Å². The van der Waals surface area contributed by atoms with E-state index in [0.717, 1.165) is 45.2 Å². The highest BCUT2D eigenvalue weighted by Gasteiger charge is 2.50. The van der Waals surface area contributed by atoms with Crippen LogP contribution in [0.5, 0.6) is 0 Å². The maximum atomic E-state index is 2.60. The van der Waals surface area contributed by atoms with Gasteiger partial charge in [0.15, 0.2) is 0 Å². The fourth-order valence-electron chi connectivity index (χ4n) is 12.0. The number of benzene rings is 12. The highest BCUT2D eigenvalue weighted by Crippen LogP contribution is 2.59. The van der Waals surface area contributed by atoms with Gasteiger partial charge in [-0.1, -0.05) is 224 Å². The third-order valence-corrected chi connectivity index (χ3v) is 15.1. The summed E-state index contributed by atoms with van der Waals surface area (Å²) in [4.78, 5) is 5.07. The molecule has 0 radical (unpaired) electrons. The van der Waals surface area contributed by atoms with Crippen LogP contribution in [0.2, 0.25) is 0 Å². The Kier molecular flexibility index (Phi) is 10.4. The average Bonchev–Trinajstić information content (AvgIpc) is 3.96. The van der Waals surface area contributed by atoms with Crippen molar-refractivity contribution < 1.29 is 0 Å². The number of hydrogen-bond acceptors (Lipinski definition) is 2. The van der Waals surface area contributed by atoms with Crippen LogP contribution in [0.1, 0.15) is 16.7 Å². The lowest BCUT2D eigenvalue weighted by Crippen LogP contribution is -2.44. The molecule has 1 atom stereocenters. The first kappa shape index (κ1) is 43.1. The summed E-state index contributed by atoms with van der Waals surface area (Å²) in [6, 6.07) is 109. The lowest BCUT2D eigenvalue weighted by molar-refractivity contribution is 0.644. The summed E-state index contributed by atoms with van der Waals surface area (Å²) >= 11 is 0. The molecule has 0 spiro atoms. The normalized spacial score (nSPS) is 13.7. The van der Waals surface area contributed by atoms with Gasteiger partial charge in [-0.05, 0) is 128 Å². The van der Waals surface area contributed by atoms with Crippen molar-refractivity contribution in [2.24, 2.45) is 0 Å². The second kappa shape index (κ2) is 17.9. The lowest BCUT2D eigenvalue weighted by Gasteiger charge is -2.45. The lowest BCUT2D eigenvalue weighted by atomic mass is 9.78. The van der Waals surface area contributed by atoms with Gasteiger partial charge in [0.25, 0.3) is 0 Å². The highest BCUT2D eigenvalue weighted by atomic mass is 15.2. The van der Waals surface area contributed by atoms with Crippen molar-refractivity contribution in [2.75, 3.05) is 9.80 Å². The Morgan fingerprint density at radius 1 is 0.284 bits per heavy atom. The van der Waals surface area contributed by atoms with Crippen LogP contribution in [0.4, 0.5) is 28.4 Å². The van der Waals surface area contributed by atoms with Crippen LogP contribution in [0.15, 0.2) is 297 Å². The van der Waals surface area contributed by atoms with E-state index in [2.05, 4.69) is 312 Å². The van der Waals surface area contributed by atoms with E-state index in [0.29, 0.717) is 0 Å². The molecule has 13 aromatic rings. The first-order valence-electron chi connectivity index (χ1n) is 25.5. The van der Waals surface area contributed by atoms with E-state index in [9.17, 15) is 0 Å². The zero-order chi connectivity index (χ0) is 49.0. The zero-order valence-corrected chi connectivity index (χ0v) is 40.6. The smallest absolute Gasteiger partial charge is 0.122 e. The summed E-state index contributed by atoms with van der Waals surface area (Å²) in [6.07, 6.45) is 0. The number of anilines is 5. The summed E-state index contributed by atoms with van der Waals surface area (Å²) in [5.41, 5.74) is 18.8. The third kappa shape index (κ3) is 6.97. The van der Waals surface area contributed by atoms with Gasteiger partial charge in [0.2, 0.25) is 0 Å². The van der Waals surface area contributed by atoms with Crippen molar-refractivity contribution in [1.29, 1.82) is 0 Å². The zero-order valence-electron chi connectivity index (χ0n) is 40.6. The van der Waals surface area contributed by atoms with Crippen LogP contribution in [0, 0.1) is 0 Å². The quantitative estimate of drug-likeness (QED) is 0.135. The molecule has 0 saturated heterocycles. The molecular formula is C71H49N3. The van der Waals surface area contributed by atoms with Gasteiger partial charge in [-0.15, -0.1) is 0 Å². The molecule has 0 bridgehead atoms. The minimum atomic E-state index is -0.813. The first-order valence-corrected chi connectivity index (χ1v) is 25.5. The van der Waals surface area contributed by atoms with Gasteiger partial charge < -0.3 is 14.4 Å². The highest BCUT2D eigenvalue weighted by molar-refractivity contribution is 6.11. The molecule has 1 heterocycles. The van der Waals surface area contributed by atoms with Crippen molar-refractivity contribution in [3.8, 4) is 39.1 Å². The van der Waals surface area contributed by atoms with E-state index in [4.69, 9.17) is 0 Å². The molecule has 1 aliphatic rings. The predicted octanol–water partition coefficient (Wildman–Crippen LogP) is 18.9. The molecule has 3 nitrogen and oxygen atoms in total. The number of rotatable bonds is 10. The first-order chi connectivity index (χ1) is 36.7. The molecule has 0 fully saturated rings. The van der Waals surface area contributed by atoms with Gasteiger partial charge in [0.1, 0.15) is 5.54 Å². The van der Waals surface area contributed by atoms with E-state index in [-0.39, 0.29) is 0 Å². The van der Waals surface area contributed by atoms with Crippen LogP contribution < -0.4 is 9.80 Å². The molecule has 0 saturated carbocycles. The summed E-state index contributed by atoms with van der Waals surface area (Å²) < 4.78 is 2.47. The topological polar surface area (TPSA) is 11.4 Å². The van der Waals surface area contributed by atoms with Crippen LogP contribution in [0.3, 0.4) is 0 Å². The van der Waals surface area contributed by atoms with E-state index in [1.807, 2.05) is 0 Å². The third-order valence-electron chi connectivity index (χ3n) is 15.1. The van der Waals surface area contributed by atoms with E-state index in [1.165, 1.54) is 71.6 Å². The molecule has 74 heavy (non-hydrogen) atoms. The van der Waals surface area contributed by atoms with Crippen LogP contribution >= 0.6 is 0 Å². The van der Waals surface area contributed by atoms with Crippen molar-refractivity contribution in [3.63, 3.8) is 0 Å². The maximum Gasteiger partial charge on any atom is 0.122 e. The maximum absolute atomic E-state index is 2.60. The minimum absolute atomic E-state index is 0.813. The van der Waals surface area contributed by atoms with Gasteiger partial charge in [0, 0.05) is 44.8 Å². The Labute approximate surface area is 431 Å². The molecule has 0 aliphatic heterocycles. The number of fused-ring (bicyclic) bond motifs is 7. The van der Waals surface area contributed by atoms with Crippen molar-refractivity contribution in [3.05, 3.63) is 314 Å². The van der Waals surface area contributed by atoms with Crippen LogP contribution in [-0.4, -0.2) is 4.57 Å². The standard InChI is InChI=1S/C71H49N3/c1-5-22-50(23-6-1)54-28-21-33-60(47-54)74(56-31-11-4-12-32-56)71(55-29-9-3-10-30-55)66-37-18-15-35-62(66)63-44-42-58(48-67(63)71)72(57-41-40-51-24-13-14-27-53(51)46-57)59-43-45-65-64-36-17-20-39-69(64)73(70(65)49-59)68-38-19-16-34-61(68)52-25-7-2-8-26-52/h1-49H. The Bertz CT molecular complexity index is 4200. The molecule has 348 valence electrons. The molecule has 1 unspecified atom stereocenters. The Morgan fingerprint density at radius 2 is 0.838 bits per heavy atom. The largest absolute Gasteiger partial charge is 0.323 e. The van der Waals surface area contributed by atoms with Gasteiger partial charge in [-0.3, -0.25) is 0 Å². The molecular weight excluding hydrogens is 895 g/mol. The van der Waals surface area contributed by atoms with Crippen molar-refractivity contribution in [2.45, 2.75) is 5.54 Å². The summed E-state index contributed by atoms with van der Waals surface area (Å²) in [6.45, 7) is 0. The van der Waals surface area contributed by atoms with Gasteiger partial charge in [-0.2, -0.15) is 0 Å². The monoisotopic (exact) mass is 943 g/mol. The summed E-state index contributed by atoms with van der Waals surface area (Å²) in [5, 5.41) is 4.81. The van der Waals surface area contributed by atoms with E-state index >= 15 is 0 Å². The number of nitrogens with zero attached hydrogens (tertiary/aromatic N) is 3. The molecule has 1 aliphatic carbocycles. The van der Waals surface area contributed by atoms with Crippen molar-refractivity contribution >= 4 is 61.0 Å². The number of para-hydroxylation sites is 3. The molecule has 12 aromatic carbocycles. The van der Waals surface area contributed by atoms with Gasteiger partial charge in [-0.25, -0.2) is 0 Å². The summed E-state index contributed by atoms with van der Waals surface area (Å²) in [5.74, 6) is 0. The Hall–Kier alpha value is -9.70. The van der Waals surface area contributed by atoms with Gasteiger partial charge in [0.05, 0.1) is 16.7 Å². The average molecular weight is 944 g/mol. The SMILES string of the molecule is c1ccc(-c2cccc(N(c3ccccc3)C3(c4ccccc4)c4ccccc4-c4ccc(N(c5ccc6ccccc6c5)c5ccc6c7ccccc7n(-c7ccccc7-c7ccccc7)c6c5)cc43)c2)cc1. The minimum Gasteiger partial charge on any atom is -0.323 e. The number of hydrogen-bond donors (Lipinski definition) is 0. The Morgan fingerprint density at radius 3 is 1.65 bits per heavy atom. The Balaban J connectivity index is 1.05. The molecule has 14 rings (SSSR count).